The molecule has 8 heteroatoms. The number of carbonyl (C=O) groups is 1. The number of aromatic nitrogens is 4. The predicted octanol–water partition coefficient (Wildman–Crippen LogP) is 3.94. The lowest BCUT2D eigenvalue weighted by Crippen LogP contribution is -2.37. The number of hydrogen-bond acceptors (Lipinski definition) is 5. The van der Waals surface area contributed by atoms with Gasteiger partial charge in [-0.15, -0.1) is 10.2 Å². The lowest BCUT2D eigenvalue weighted by Gasteiger charge is -2.16. The molecule has 1 amide bonds. The van der Waals surface area contributed by atoms with E-state index in [0.29, 0.717) is 22.9 Å². The number of aryl methyl sites for hydroxylation is 1. The zero-order valence-electron chi connectivity index (χ0n) is 18.8. The molecule has 170 valence electrons. The molecule has 1 atom stereocenters. The van der Waals surface area contributed by atoms with Gasteiger partial charge in [-0.1, -0.05) is 66.6 Å². The SMILES string of the molecule is Cc1ccc(Cn2c(=O)c3ccccc3n3c(SC(C)C(=O)NC4CCCC4)nnc23)cc1. The van der Waals surface area contributed by atoms with Crippen LogP contribution in [-0.4, -0.2) is 36.4 Å². The number of amides is 1. The maximum absolute atomic E-state index is 13.4. The average Bonchev–Trinajstić information content (AvgIpc) is 3.48. The Bertz CT molecular complexity index is 1370. The Labute approximate surface area is 196 Å². The van der Waals surface area contributed by atoms with Crippen LogP contribution in [-0.2, 0) is 11.3 Å². The van der Waals surface area contributed by atoms with Gasteiger partial charge in [0.25, 0.3) is 5.56 Å². The number of rotatable bonds is 6. The minimum absolute atomic E-state index is 0.0148. The molecule has 5 rings (SSSR count). The van der Waals surface area contributed by atoms with Crippen molar-refractivity contribution in [1.82, 2.24) is 24.5 Å². The first-order valence-electron chi connectivity index (χ1n) is 11.4. The van der Waals surface area contributed by atoms with Gasteiger partial charge in [-0.3, -0.25) is 18.6 Å². The molecule has 1 aliphatic rings. The van der Waals surface area contributed by atoms with Gasteiger partial charge in [0, 0.05) is 6.04 Å². The largest absolute Gasteiger partial charge is 0.352 e. The molecule has 4 aromatic rings. The van der Waals surface area contributed by atoms with Crippen molar-refractivity contribution in [3.8, 4) is 0 Å². The van der Waals surface area contributed by atoms with Gasteiger partial charge in [-0.05, 0) is 44.4 Å². The van der Waals surface area contributed by atoms with Gasteiger partial charge in [-0.2, -0.15) is 0 Å². The van der Waals surface area contributed by atoms with Crippen molar-refractivity contribution in [3.63, 3.8) is 0 Å². The van der Waals surface area contributed by atoms with E-state index < -0.39 is 0 Å². The van der Waals surface area contributed by atoms with E-state index >= 15 is 0 Å². The molecule has 1 saturated carbocycles. The highest BCUT2D eigenvalue weighted by Gasteiger charge is 2.24. The smallest absolute Gasteiger partial charge is 0.263 e. The third-order valence-electron chi connectivity index (χ3n) is 6.29. The molecule has 1 N–H and O–H groups in total. The van der Waals surface area contributed by atoms with Gasteiger partial charge >= 0.3 is 0 Å². The van der Waals surface area contributed by atoms with E-state index in [1.807, 2.05) is 66.8 Å². The van der Waals surface area contributed by atoms with Crippen LogP contribution >= 0.6 is 11.8 Å². The molecule has 2 aromatic carbocycles. The Morgan fingerprint density at radius 3 is 2.61 bits per heavy atom. The van der Waals surface area contributed by atoms with Crippen molar-refractivity contribution in [2.45, 2.75) is 62.5 Å². The highest BCUT2D eigenvalue weighted by molar-refractivity contribution is 8.00. The molecule has 2 heterocycles. The summed E-state index contributed by atoms with van der Waals surface area (Å²) in [6, 6.07) is 15.9. The Hall–Kier alpha value is -3.13. The number of fused-ring (bicyclic) bond motifs is 3. The van der Waals surface area contributed by atoms with E-state index in [1.54, 1.807) is 4.57 Å². The number of para-hydroxylation sites is 1. The van der Waals surface area contributed by atoms with Gasteiger partial charge in [-0.25, -0.2) is 0 Å². The van der Waals surface area contributed by atoms with E-state index in [4.69, 9.17) is 0 Å². The number of nitrogens with zero attached hydrogens (tertiary/aromatic N) is 4. The van der Waals surface area contributed by atoms with Gasteiger partial charge in [0.15, 0.2) is 5.16 Å². The first-order chi connectivity index (χ1) is 16.0. The van der Waals surface area contributed by atoms with Crippen molar-refractivity contribution in [1.29, 1.82) is 0 Å². The molecule has 1 aliphatic carbocycles. The second-order valence-corrected chi connectivity index (χ2v) is 10.1. The molecule has 0 aliphatic heterocycles. The third kappa shape index (κ3) is 4.27. The van der Waals surface area contributed by atoms with Crippen LogP contribution in [0.4, 0.5) is 0 Å². The summed E-state index contributed by atoms with van der Waals surface area (Å²) in [5, 5.41) is 12.8. The van der Waals surface area contributed by atoms with Crippen molar-refractivity contribution < 1.29 is 4.79 Å². The molecular formula is C25H27N5O2S. The molecule has 0 radical (unpaired) electrons. The lowest BCUT2D eigenvalue weighted by atomic mass is 10.1. The summed E-state index contributed by atoms with van der Waals surface area (Å²) in [7, 11) is 0. The minimum atomic E-state index is -0.325. The second-order valence-electron chi connectivity index (χ2n) is 8.76. The molecule has 0 bridgehead atoms. The van der Waals surface area contributed by atoms with Crippen LogP contribution in [0.5, 0.6) is 0 Å². The quantitative estimate of drug-likeness (QED) is 0.440. The van der Waals surface area contributed by atoms with Crippen LogP contribution in [0.15, 0.2) is 58.5 Å². The number of thioether (sulfide) groups is 1. The van der Waals surface area contributed by atoms with E-state index in [9.17, 15) is 9.59 Å². The van der Waals surface area contributed by atoms with E-state index in [2.05, 4.69) is 15.5 Å². The van der Waals surface area contributed by atoms with Crippen molar-refractivity contribution >= 4 is 34.3 Å². The predicted molar refractivity (Wildman–Crippen MR) is 131 cm³/mol. The average molecular weight is 462 g/mol. The maximum Gasteiger partial charge on any atom is 0.263 e. The van der Waals surface area contributed by atoms with Crippen LogP contribution in [0.3, 0.4) is 0 Å². The Morgan fingerprint density at radius 1 is 1.12 bits per heavy atom. The number of carbonyl (C=O) groups excluding carboxylic acids is 1. The number of nitrogens with one attached hydrogen (secondary N) is 1. The molecule has 1 fully saturated rings. The molecule has 0 spiro atoms. The summed E-state index contributed by atoms with van der Waals surface area (Å²) in [5.41, 5.74) is 2.82. The van der Waals surface area contributed by atoms with Crippen LogP contribution < -0.4 is 10.9 Å². The molecular weight excluding hydrogens is 434 g/mol. The monoisotopic (exact) mass is 461 g/mol. The summed E-state index contributed by atoms with van der Waals surface area (Å²) in [4.78, 5) is 26.1. The lowest BCUT2D eigenvalue weighted by molar-refractivity contribution is -0.120. The van der Waals surface area contributed by atoms with Crippen LogP contribution in [0.2, 0.25) is 0 Å². The molecule has 33 heavy (non-hydrogen) atoms. The van der Waals surface area contributed by atoms with E-state index in [0.717, 1.165) is 23.9 Å². The normalized spacial score (nSPS) is 15.3. The number of hydrogen-bond donors (Lipinski definition) is 1. The first-order valence-corrected chi connectivity index (χ1v) is 12.3. The highest BCUT2D eigenvalue weighted by atomic mass is 32.2. The Morgan fingerprint density at radius 2 is 1.85 bits per heavy atom. The van der Waals surface area contributed by atoms with Crippen molar-refractivity contribution in [3.05, 3.63) is 70.0 Å². The van der Waals surface area contributed by atoms with Gasteiger partial charge in [0.2, 0.25) is 11.7 Å². The topological polar surface area (TPSA) is 81.3 Å². The standard InChI is InChI=1S/C25H27N5O2S/c1-16-11-13-18(14-12-16)15-29-23(32)20-9-5-6-10-21(20)30-24(29)27-28-25(30)33-17(2)22(31)26-19-7-3-4-8-19/h5-6,9-14,17,19H,3-4,7-8,15H2,1-2H3,(H,26,31). The zero-order valence-corrected chi connectivity index (χ0v) is 19.6. The summed E-state index contributed by atoms with van der Waals surface area (Å²) >= 11 is 1.37. The number of benzene rings is 2. The molecule has 1 unspecified atom stereocenters. The fourth-order valence-corrected chi connectivity index (χ4v) is 5.29. The van der Waals surface area contributed by atoms with Gasteiger partial charge in [0.05, 0.1) is 22.7 Å². The molecule has 2 aromatic heterocycles. The van der Waals surface area contributed by atoms with Crippen LogP contribution in [0, 0.1) is 6.92 Å². The van der Waals surface area contributed by atoms with Crippen molar-refractivity contribution in [2.75, 3.05) is 0 Å². The fraction of sp³-hybridized carbons (Fsp3) is 0.360. The van der Waals surface area contributed by atoms with Crippen molar-refractivity contribution in [2.24, 2.45) is 0 Å². The maximum atomic E-state index is 13.4. The highest BCUT2D eigenvalue weighted by Crippen LogP contribution is 2.26. The second kappa shape index (κ2) is 9.02. The summed E-state index contributed by atoms with van der Waals surface area (Å²) in [5.74, 6) is 0.492. The van der Waals surface area contributed by atoms with Crippen LogP contribution in [0.25, 0.3) is 16.7 Å². The van der Waals surface area contributed by atoms with Gasteiger partial charge < -0.3 is 5.32 Å². The Balaban J connectivity index is 1.54. The molecule has 0 saturated heterocycles. The fourth-order valence-electron chi connectivity index (χ4n) is 4.43. The summed E-state index contributed by atoms with van der Waals surface area (Å²) in [6.45, 7) is 4.32. The first kappa shape index (κ1) is 21.7. The van der Waals surface area contributed by atoms with E-state index in [-0.39, 0.29) is 22.8 Å². The zero-order chi connectivity index (χ0) is 22.9. The van der Waals surface area contributed by atoms with Gasteiger partial charge in [0.1, 0.15) is 0 Å². The van der Waals surface area contributed by atoms with E-state index in [1.165, 1.54) is 30.2 Å². The Kier molecular flexibility index (Phi) is 5.93. The third-order valence-corrected chi connectivity index (χ3v) is 7.34. The summed E-state index contributed by atoms with van der Waals surface area (Å²) in [6.07, 6.45) is 4.44. The minimum Gasteiger partial charge on any atom is -0.352 e. The summed E-state index contributed by atoms with van der Waals surface area (Å²) < 4.78 is 3.56. The molecule has 7 nitrogen and oxygen atoms in total. The van der Waals surface area contributed by atoms with Crippen LogP contribution in [0.1, 0.15) is 43.7 Å².